The number of carbonyl (C=O) groups excluding carboxylic acids is 4. The smallest absolute Gasteiger partial charge is 0.350 e. The number of alkyl halides is 3. The molecule has 0 aromatic carbocycles. The van der Waals surface area contributed by atoms with E-state index in [1.165, 1.54) is 25.7 Å². The van der Waals surface area contributed by atoms with E-state index in [1.54, 1.807) is 0 Å². The largest absolute Gasteiger partial charge is 0.471 e. The maximum absolute atomic E-state index is 13.5. The standard InChI is InChI=1S/C23H34F3N5O4Si/c1-21(2,3)16(29-20(35)23(24,25)26)19(34)31-12-36(4,5)11-15(31)18(33)28-14(10-27)8-13-9-22(6-7-22)30-17(13)32/h13-16H,6-9,11-12H2,1-5H3,(H,28,33)(H,29,35)(H,30,32). The van der Waals surface area contributed by atoms with Crippen LogP contribution in [0.1, 0.15) is 46.5 Å². The summed E-state index contributed by atoms with van der Waals surface area (Å²) in [7, 11) is -2.13. The molecule has 200 valence electrons. The molecular formula is C23H34F3N5O4Si. The van der Waals surface area contributed by atoms with Crippen LogP contribution in [0, 0.1) is 22.7 Å². The number of nitrogens with one attached hydrogen (secondary N) is 3. The van der Waals surface area contributed by atoms with Crippen molar-refractivity contribution in [3.63, 3.8) is 0 Å². The third kappa shape index (κ3) is 6.19. The van der Waals surface area contributed by atoms with Gasteiger partial charge in [-0.1, -0.05) is 33.9 Å². The summed E-state index contributed by atoms with van der Waals surface area (Å²) in [5.74, 6) is -4.10. The van der Waals surface area contributed by atoms with Crippen molar-refractivity contribution in [1.29, 1.82) is 5.26 Å². The van der Waals surface area contributed by atoms with Crippen LogP contribution in [0.5, 0.6) is 0 Å². The Morgan fingerprint density at radius 2 is 1.83 bits per heavy atom. The van der Waals surface area contributed by atoms with Gasteiger partial charge in [0, 0.05) is 17.6 Å². The Kier molecular flexibility index (Phi) is 7.26. The van der Waals surface area contributed by atoms with Gasteiger partial charge in [0.15, 0.2) is 0 Å². The molecule has 0 aromatic heterocycles. The Morgan fingerprint density at radius 3 is 2.31 bits per heavy atom. The van der Waals surface area contributed by atoms with E-state index < -0.39 is 61.4 Å². The molecule has 36 heavy (non-hydrogen) atoms. The van der Waals surface area contributed by atoms with Crippen molar-refractivity contribution in [2.75, 3.05) is 6.17 Å². The van der Waals surface area contributed by atoms with Gasteiger partial charge in [-0.15, -0.1) is 0 Å². The SMILES string of the molecule is CC(C)(C)C(NC(=O)C(F)(F)F)C(=O)N1C[Si](C)(C)CC1C(=O)NC(C#N)CC1CC2(CC2)NC1=O. The molecule has 0 radical (unpaired) electrons. The van der Waals surface area contributed by atoms with Crippen molar-refractivity contribution in [3.8, 4) is 6.07 Å². The monoisotopic (exact) mass is 529 g/mol. The Labute approximate surface area is 209 Å². The van der Waals surface area contributed by atoms with E-state index in [2.05, 4.69) is 10.6 Å². The van der Waals surface area contributed by atoms with Gasteiger partial charge < -0.3 is 20.9 Å². The highest BCUT2D eigenvalue weighted by Gasteiger charge is 2.53. The molecule has 2 heterocycles. The molecule has 0 aromatic rings. The number of carbonyl (C=O) groups is 4. The van der Waals surface area contributed by atoms with Crippen LogP contribution in [0.4, 0.5) is 13.2 Å². The molecule has 4 unspecified atom stereocenters. The highest BCUT2D eigenvalue weighted by atomic mass is 28.3. The van der Waals surface area contributed by atoms with Gasteiger partial charge in [0.2, 0.25) is 17.7 Å². The predicted molar refractivity (Wildman–Crippen MR) is 126 cm³/mol. The summed E-state index contributed by atoms with van der Waals surface area (Å²) in [6, 6.07) is -1.05. The number of amides is 4. The number of nitrogens with zero attached hydrogens (tertiary/aromatic N) is 2. The molecule has 9 nitrogen and oxygen atoms in total. The highest BCUT2D eigenvalue weighted by molar-refractivity contribution is 6.79. The second-order valence-electron chi connectivity index (χ2n) is 12.2. The first-order valence-electron chi connectivity index (χ1n) is 12.1. The fraction of sp³-hybridized carbons (Fsp3) is 0.783. The normalized spacial score (nSPS) is 26.1. The number of rotatable bonds is 6. The maximum Gasteiger partial charge on any atom is 0.471 e. The third-order valence-electron chi connectivity index (χ3n) is 7.19. The Bertz CT molecular complexity index is 984. The maximum atomic E-state index is 13.5. The van der Waals surface area contributed by atoms with Crippen LogP contribution >= 0.6 is 0 Å². The molecule has 4 atom stereocenters. The number of halogens is 3. The first-order valence-corrected chi connectivity index (χ1v) is 15.5. The Hall–Kier alpha value is -2.62. The summed E-state index contributed by atoms with van der Waals surface area (Å²) in [6.07, 6.45) is -2.38. The molecule has 13 heteroatoms. The van der Waals surface area contributed by atoms with E-state index in [4.69, 9.17) is 0 Å². The average Bonchev–Trinajstić information content (AvgIpc) is 3.29. The predicted octanol–water partition coefficient (Wildman–Crippen LogP) is 1.61. The van der Waals surface area contributed by atoms with Crippen LogP contribution in [-0.4, -0.2) is 72.6 Å². The first-order chi connectivity index (χ1) is 16.4. The van der Waals surface area contributed by atoms with Crippen LogP contribution in [0.3, 0.4) is 0 Å². The summed E-state index contributed by atoms with van der Waals surface area (Å²) >= 11 is 0. The molecule has 1 aliphatic carbocycles. The molecule has 2 saturated heterocycles. The van der Waals surface area contributed by atoms with Gasteiger partial charge in [0.25, 0.3) is 0 Å². The zero-order valence-corrected chi connectivity index (χ0v) is 22.2. The minimum atomic E-state index is -5.16. The summed E-state index contributed by atoms with van der Waals surface area (Å²) < 4.78 is 38.8. The van der Waals surface area contributed by atoms with Crippen molar-refractivity contribution >= 4 is 31.7 Å². The second kappa shape index (κ2) is 9.35. The highest BCUT2D eigenvalue weighted by Crippen LogP contribution is 2.46. The summed E-state index contributed by atoms with van der Waals surface area (Å²) in [5.41, 5.74) is -1.23. The molecule has 3 N–H and O–H groups in total. The first kappa shape index (κ1) is 28.0. The third-order valence-corrected chi connectivity index (χ3v) is 9.88. The lowest BCUT2D eigenvalue weighted by molar-refractivity contribution is -0.176. The molecule has 3 fully saturated rings. The molecule has 3 rings (SSSR count). The zero-order valence-electron chi connectivity index (χ0n) is 21.2. The number of hydrogen-bond donors (Lipinski definition) is 3. The van der Waals surface area contributed by atoms with E-state index in [9.17, 15) is 37.6 Å². The van der Waals surface area contributed by atoms with Gasteiger partial charge in [-0.05, 0) is 37.1 Å². The van der Waals surface area contributed by atoms with Gasteiger partial charge in [-0.25, -0.2) is 0 Å². The van der Waals surface area contributed by atoms with E-state index in [-0.39, 0.29) is 24.0 Å². The lowest BCUT2D eigenvalue weighted by atomic mass is 9.85. The summed E-state index contributed by atoms with van der Waals surface area (Å²) in [5, 5.41) is 17.1. The van der Waals surface area contributed by atoms with Gasteiger partial charge in [-0.3, -0.25) is 19.2 Å². The molecule has 4 amide bonds. The van der Waals surface area contributed by atoms with Crippen LogP contribution in [-0.2, 0) is 19.2 Å². The minimum absolute atomic E-state index is 0.137. The zero-order chi connectivity index (χ0) is 27.3. The minimum Gasteiger partial charge on any atom is -0.350 e. The molecule has 2 aliphatic heterocycles. The number of nitriles is 1. The molecule has 0 bridgehead atoms. The van der Waals surface area contributed by atoms with Crippen LogP contribution in [0.15, 0.2) is 0 Å². The van der Waals surface area contributed by atoms with E-state index >= 15 is 0 Å². The second-order valence-corrected chi connectivity index (χ2v) is 17.3. The van der Waals surface area contributed by atoms with Crippen molar-refractivity contribution in [3.05, 3.63) is 0 Å². The lowest BCUT2D eigenvalue weighted by Gasteiger charge is -2.36. The van der Waals surface area contributed by atoms with Crippen molar-refractivity contribution in [2.24, 2.45) is 11.3 Å². The Balaban J connectivity index is 1.75. The topological polar surface area (TPSA) is 131 Å². The Morgan fingerprint density at radius 1 is 1.22 bits per heavy atom. The molecule has 3 aliphatic rings. The van der Waals surface area contributed by atoms with E-state index in [0.717, 1.165) is 12.8 Å². The average molecular weight is 530 g/mol. The van der Waals surface area contributed by atoms with Gasteiger partial charge in [-0.2, -0.15) is 18.4 Å². The van der Waals surface area contributed by atoms with E-state index in [1.807, 2.05) is 24.5 Å². The fourth-order valence-corrected chi connectivity index (χ4v) is 7.99. The van der Waals surface area contributed by atoms with E-state index in [0.29, 0.717) is 12.5 Å². The quantitative estimate of drug-likeness (QED) is 0.450. The van der Waals surface area contributed by atoms with Crippen LogP contribution in [0.25, 0.3) is 0 Å². The van der Waals surface area contributed by atoms with Crippen LogP contribution in [0.2, 0.25) is 19.1 Å². The van der Waals surface area contributed by atoms with Crippen LogP contribution < -0.4 is 16.0 Å². The molecule has 1 saturated carbocycles. The van der Waals surface area contributed by atoms with Gasteiger partial charge in [0.1, 0.15) is 18.1 Å². The molecular weight excluding hydrogens is 495 g/mol. The molecule has 1 spiro atoms. The number of hydrogen-bond acceptors (Lipinski definition) is 5. The summed E-state index contributed by atoms with van der Waals surface area (Å²) in [4.78, 5) is 51.9. The lowest BCUT2D eigenvalue weighted by Crippen LogP contribution is -2.59. The van der Waals surface area contributed by atoms with Gasteiger partial charge >= 0.3 is 12.1 Å². The van der Waals surface area contributed by atoms with Crippen molar-refractivity contribution in [2.45, 2.75) is 95.4 Å². The fourth-order valence-electron chi connectivity index (χ4n) is 5.11. The summed E-state index contributed by atoms with van der Waals surface area (Å²) in [6.45, 7) is 8.52. The van der Waals surface area contributed by atoms with Gasteiger partial charge in [0.05, 0.1) is 14.1 Å². The van der Waals surface area contributed by atoms with Crippen molar-refractivity contribution < 1.29 is 32.3 Å². The van der Waals surface area contributed by atoms with Crippen molar-refractivity contribution in [1.82, 2.24) is 20.9 Å².